The van der Waals surface area contributed by atoms with Crippen molar-refractivity contribution in [2.75, 3.05) is 0 Å². The van der Waals surface area contributed by atoms with E-state index in [1.54, 1.807) is 0 Å². The maximum absolute atomic E-state index is 10.1. The maximum Gasteiger partial charge on any atom is 0.107 e. The van der Waals surface area contributed by atoms with Gasteiger partial charge in [-0.15, -0.1) is 0 Å². The van der Waals surface area contributed by atoms with E-state index in [2.05, 4.69) is 54.6 Å². The van der Waals surface area contributed by atoms with Gasteiger partial charge in [-0.05, 0) is 29.5 Å². The first-order chi connectivity index (χ1) is 11.3. The second kappa shape index (κ2) is 6.94. The number of nitrogens with zero attached hydrogens (tertiary/aromatic N) is 1. The minimum atomic E-state index is -0.613. The number of hydrogen-bond acceptors (Lipinski definition) is 1. The fourth-order valence-electron chi connectivity index (χ4n) is 3.06. The summed E-state index contributed by atoms with van der Waals surface area (Å²) in [5, 5.41) is 10.1. The van der Waals surface area contributed by atoms with Crippen LogP contribution in [0.4, 0.5) is 0 Å². The summed E-state index contributed by atoms with van der Waals surface area (Å²) < 4.78 is 0. The van der Waals surface area contributed by atoms with Crippen molar-refractivity contribution in [2.24, 2.45) is 0 Å². The van der Waals surface area contributed by atoms with E-state index >= 15 is 0 Å². The van der Waals surface area contributed by atoms with E-state index < -0.39 is 5.41 Å². The van der Waals surface area contributed by atoms with E-state index in [9.17, 15) is 5.26 Å². The molecule has 0 saturated carbocycles. The van der Waals surface area contributed by atoms with E-state index in [0.717, 1.165) is 24.0 Å². The summed E-state index contributed by atoms with van der Waals surface area (Å²) in [6.45, 7) is 0. The van der Waals surface area contributed by atoms with Crippen LogP contribution >= 0.6 is 0 Å². The zero-order valence-electron chi connectivity index (χ0n) is 13.0. The van der Waals surface area contributed by atoms with Crippen LogP contribution in [0.3, 0.4) is 0 Å². The molecule has 0 aliphatic heterocycles. The third-order valence-electron chi connectivity index (χ3n) is 4.36. The summed E-state index contributed by atoms with van der Waals surface area (Å²) >= 11 is 0. The number of benzene rings is 3. The van der Waals surface area contributed by atoms with Gasteiger partial charge in [0, 0.05) is 0 Å². The molecule has 3 rings (SSSR count). The van der Waals surface area contributed by atoms with E-state index in [0.29, 0.717) is 0 Å². The normalized spacial score (nSPS) is 10.9. The van der Waals surface area contributed by atoms with Gasteiger partial charge < -0.3 is 0 Å². The fourth-order valence-corrected chi connectivity index (χ4v) is 3.06. The molecule has 0 fully saturated rings. The Morgan fingerprint density at radius 1 is 0.652 bits per heavy atom. The molecule has 0 aromatic heterocycles. The third kappa shape index (κ3) is 3.17. The molecule has 0 unspecified atom stereocenters. The summed E-state index contributed by atoms with van der Waals surface area (Å²) in [5.74, 6) is 0. The molecule has 0 heterocycles. The van der Waals surface area contributed by atoms with E-state index in [1.807, 2.05) is 42.5 Å². The summed E-state index contributed by atoms with van der Waals surface area (Å²) in [7, 11) is 0. The van der Waals surface area contributed by atoms with Gasteiger partial charge >= 0.3 is 0 Å². The minimum absolute atomic E-state index is 0.613. The van der Waals surface area contributed by atoms with Crippen LogP contribution in [-0.4, -0.2) is 0 Å². The van der Waals surface area contributed by atoms with Crippen LogP contribution in [0, 0.1) is 11.3 Å². The van der Waals surface area contributed by atoms with Crippen molar-refractivity contribution in [3.8, 4) is 6.07 Å². The van der Waals surface area contributed by atoms with Crippen molar-refractivity contribution < 1.29 is 0 Å². The highest BCUT2D eigenvalue weighted by molar-refractivity contribution is 5.46. The molecule has 0 radical (unpaired) electrons. The van der Waals surface area contributed by atoms with Crippen LogP contribution in [0.5, 0.6) is 0 Å². The van der Waals surface area contributed by atoms with Gasteiger partial charge in [0.25, 0.3) is 0 Å². The lowest BCUT2D eigenvalue weighted by atomic mass is 9.72. The molecule has 0 N–H and O–H groups in total. The monoisotopic (exact) mass is 297 g/mol. The summed E-state index contributed by atoms with van der Waals surface area (Å²) in [5.41, 5.74) is 2.77. The van der Waals surface area contributed by atoms with Gasteiger partial charge in [0.15, 0.2) is 0 Å². The molecular weight excluding hydrogens is 278 g/mol. The van der Waals surface area contributed by atoms with Crippen molar-refractivity contribution in [3.05, 3.63) is 108 Å². The second-order valence-corrected chi connectivity index (χ2v) is 5.73. The van der Waals surface area contributed by atoms with Crippen molar-refractivity contribution in [3.63, 3.8) is 0 Å². The van der Waals surface area contributed by atoms with Gasteiger partial charge in [0.2, 0.25) is 0 Å². The summed E-state index contributed by atoms with van der Waals surface area (Å²) in [4.78, 5) is 0. The predicted octanol–water partition coefficient (Wildman–Crippen LogP) is 5.13. The van der Waals surface area contributed by atoms with E-state index in [1.165, 1.54) is 5.56 Å². The first kappa shape index (κ1) is 15.1. The quantitative estimate of drug-likeness (QED) is 0.640. The van der Waals surface area contributed by atoms with Crippen molar-refractivity contribution in [1.29, 1.82) is 5.26 Å². The number of hydrogen-bond donors (Lipinski definition) is 0. The topological polar surface area (TPSA) is 23.8 Å². The summed E-state index contributed by atoms with van der Waals surface area (Å²) in [6.07, 6.45) is 1.64. The smallest absolute Gasteiger partial charge is 0.107 e. The molecule has 1 nitrogen and oxygen atoms in total. The molecule has 112 valence electrons. The van der Waals surface area contributed by atoms with Gasteiger partial charge in [-0.25, -0.2) is 0 Å². The Balaban J connectivity index is 2.01. The number of rotatable bonds is 5. The Kier molecular flexibility index (Phi) is 4.54. The molecule has 0 spiro atoms. The highest BCUT2D eigenvalue weighted by Crippen LogP contribution is 2.36. The Bertz CT molecular complexity index is 731. The van der Waals surface area contributed by atoms with Gasteiger partial charge in [-0.3, -0.25) is 0 Å². The van der Waals surface area contributed by atoms with Crippen molar-refractivity contribution in [2.45, 2.75) is 18.3 Å². The van der Waals surface area contributed by atoms with Gasteiger partial charge in [0.1, 0.15) is 5.41 Å². The van der Waals surface area contributed by atoms with Gasteiger partial charge in [-0.2, -0.15) is 5.26 Å². The Morgan fingerprint density at radius 3 is 1.52 bits per heavy atom. The van der Waals surface area contributed by atoms with Crippen LogP contribution in [0.2, 0.25) is 0 Å². The zero-order valence-corrected chi connectivity index (χ0v) is 13.0. The molecule has 0 atom stereocenters. The molecule has 0 saturated heterocycles. The zero-order chi connectivity index (χ0) is 16.0. The van der Waals surface area contributed by atoms with Crippen molar-refractivity contribution >= 4 is 0 Å². The average molecular weight is 297 g/mol. The van der Waals surface area contributed by atoms with Gasteiger partial charge in [0.05, 0.1) is 6.07 Å². The molecule has 0 aliphatic carbocycles. The first-order valence-corrected chi connectivity index (χ1v) is 7.91. The van der Waals surface area contributed by atoms with Crippen LogP contribution < -0.4 is 0 Å². The Labute approximate surface area is 137 Å². The van der Waals surface area contributed by atoms with Crippen LogP contribution in [0.15, 0.2) is 91.0 Å². The molecular formula is C22H19N. The van der Waals surface area contributed by atoms with E-state index in [4.69, 9.17) is 0 Å². The second-order valence-electron chi connectivity index (χ2n) is 5.73. The average Bonchev–Trinajstić information content (AvgIpc) is 2.65. The molecule has 3 aromatic rings. The lowest BCUT2D eigenvalue weighted by Gasteiger charge is -2.28. The maximum atomic E-state index is 10.1. The molecule has 0 amide bonds. The predicted molar refractivity (Wildman–Crippen MR) is 94.0 cm³/mol. The Hall–Kier alpha value is -2.85. The molecule has 3 aromatic carbocycles. The van der Waals surface area contributed by atoms with Crippen LogP contribution in [0.1, 0.15) is 23.1 Å². The van der Waals surface area contributed by atoms with Crippen molar-refractivity contribution in [1.82, 2.24) is 0 Å². The molecule has 23 heavy (non-hydrogen) atoms. The summed E-state index contributed by atoms with van der Waals surface area (Å²) in [6, 6.07) is 33.2. The van der Waals surface area contributed by atoms with Gasteiger partial charge in [-0.1, -0.05) is 91.0 Å². The molecule has 0 bridgehead atoms. The molecule has 0 aliphatic rings. The third-order valence-corrected chi connectivity index (χ3v) is 4.36. The highest BCUT2D eigenvalue weighted by atomic mass is 14.4. The number of aryl methyl sites for hydroxylation is 1. The van der Waals surface area contributed by atoms with Crippen LogP contribution in [-0.2, 0) is 11.8 Å². The Morgan fingerprint density at radius 2 is 1.09 bits per heavy atom. The number of nitriles is 1. The highest BCUT2D eigenvalue weighted by Gasteiger charge is 2.33. The SMILES string of the molecule is N#CC(CCc1ccccc1)(c1ccccc1)c1ccccc1. The standard InChI is InChI=1S/C22H19N/c23-18-22(20-12-6-2-7-13-20,21-14-8-3-9-15-21)17-16-19-10-4-1-5-11-19/h1-15H,16-17H2. The van der Waals surface area contributed by atoms with Crippen LogP contribution in [0.25, 0.3) is 0 Å². The fraction of sp³-hybridized carbons (Fsp3) is 0.136. The lowest BCUT2D eigenvalue weighted by Crippen LogP contribution is -2.26. The lowest BCUT2D eigenvalue weighted by molar-refractivity contribution is 0.593. The minimum Gasteiger partial charge on any atom is -0.197 e. The largest absolute Gasteiger partial charge is 0.197 e. The molecule has 1 heteroatoms. The van der Waals surface area contributed by atoms with E-state index in [-0.39, 0.29) is 0 Å². The first-order valence-electron chi connectivity index (χ1n) is 7.91.